The van der Waals surface area contributed by atoms with E-state index in [9.17, 15) is 10.1 Å². The molecular formula is C11H14N8O2. The van der Waals surface area contributed by atoms with Crippen molar-refractivity contribution in [2.75, 3.05) is 23.7 Å². The van der Waals surface area contributed by atoms with E-state index in [1.165, 1.54) is 6.33 Å². The molecule has 0 aromatic carbocycles. The summed E-state index contributed by atoms with van der Waals surface area (Å²) >= 11 is 0. The number of hydrogen-bond acceptors (Lipinski definition) is 8. The van der Waals surface area contributed by atoms with E-state index in [4.69, 9.17) is 5.73 Å². The van der Waals surface area contributed by atoms with Gasteiger partial charge in [-0.25, -0.2) is 9.97 Å². The molecule has 10 heteroatoms. The van der Waals surface area contributed by atoms with Gasteiger partial charge in [-0.05, 0) is 12.8 Å². The predicted octanol–water partition coefficient (Wildman–Crippen LogP) is 0.469. The van der Waals surface area contributed by atoms with Crippen LogP contribution in [0, 0.1) is 10.1 Å². The van der Waals surface area contributed by atoms with Crippen molar-refractivity contribution in [3.05, 3.63) is 28.5 Å². The Morgan fingerprint density at radius 3 is 3.00 bits per heavy atom. The van der Waals surface area contributed by atoms with Crippen molar-refractivity contribution in [1.82, 2.24) is 25.1 Å². The Bertz CT molecular complexity index is 644. The number of anilines is 2. The molecule has 1 saturated heterocycles. The number of nitro groups is 1. The van der Waals surface area contributed by atoms with Crippen molar-refractivity contribution < 1.29 is 4.92 Å². The molecule has 1 atom stereocenters. The SMILES string of the molecule is Nc1nc(N2CCCC(c3ncn[nH]3)C2)ncc1[N+](=O)[O-]. The van der Waals surface area contributed by atoms with Gasteiger partial charge in [-0.15, -0.1) is 0 Å². The number of nitrogen functional groups attached to an aromatic ring is 1. The first kappa shape index (κ1) is 13.2. The Hall–Kier alpha value is -2.78. The molecular weight excluding hydrogens is 276 g/mol. The van der Waals surface area contributed by atoms with E-state index in [1.54, 1.807) is 0 Å². The first-order valence-electron chi connectivity index (χ1n) is 6.52. The summed E-state index contributed by atoms with van der Waals surface area (Å²) < 4.78 is 0. The first-order valence-corrected chi connectivity index (χ1v) is 6.52. The second-order valence-electron chi connectivity index (χ2n) is 4.85. The molecule has 0 bridgehead atoms. The molecule has 1 fully saturated rings. The van der Waals surface area contributed by atoms with Gasteiger partial charge < -0.3 is 10.6 Å². The Labute approximate surface area is 119 Å². The van der Waals surface area contributed by atoms with Crippen LogP contribution >= 0.6 is 0 Å². The summed E-state index contributed by atoms with van der Waals surface area (Å²) in [5.41, 5.74) is 5.33. The van der Waals surface area contributed by atoms with Gasteiger partial charge in [0, 0.05) is 19.0 Å². The second kappa shape index (κ2) is 5.31. The molecule has 0 aliphatic carbocycles. The topological polar surface area (TPSA) is 140 Å². The predicted molar refractivity (Wildman–Crippen MR) is 73.7 cm³/mol. The van der Waals surface area contributed by atoms with Gasteiger partial charge in [0.1, 0.15) is 18.3 Å². The molecule has 2 aromatic rings. The number of H-pyrrole nitrogens is 1. The van der Waals surface area contributed by atoms with Crippen LogP contribution in [0.3, 0.4) is 0 Å². The summed E-state index contributed by atoms with van der Waals surface area (Å²) in [6.07, 6.45) is 4.57. The number of aromatic nitrogens is 5. The van der Waals surface area contributed by atoms with Gasteiger partial charge in [0.2, 0.25) is 11.8 Å². The average molecular weight is 290 g/mol. The highest BCUT2D eigenvalue weighted by Crippen LogP contribution is 2.27. The van der Waals surface area contributed by atoms with Crippen LogP contribution in [0.2, 0.25) is 0 Å². The van der Waals surface area contributed by atoms with Crippen molar-refractivity contribution >= 4 is 17.5 Å². The van der Waals surface area contributed by atoms with E-state index in [0.29, 0.717) is 12.5 Å². The van der Waals surface area contributed by atoms with Crippen LogP contribution in [0.25, 0.3) is 0 Å². The molecule has 0 saturated carbocycles. The molecule has 110 valence electrons. The van der Waals surface area contributed by atoms with Crippen molar-refractivity contribution in [2.45, 2.75) is 18.8 Å². The number of nitrogens with zero attached hydrogens (tertiary/aromatic N) is 6. The lowest BCUT2D eigenvalue weighted by Crippen LogP contribution is -2.36. The van der Waals surface area contributed by atoms with Gasteiger partial charge in [-0.3, -0.25) is 15.2 Å². The summed E-state index contributed by atoms with van der Waals surface area (Å²) in [6, 6.07) is 0. The maximum Gasteiger partial charge on any atom is 0.329 e. The lowest BCUT2D eigenvalue weighted by atomic mass is 9.98. The standard InChI is InChI=1S/C11H14N8O2/c12-9-8(19(20)21)4-13-11(16-9)18-3-1-2-7(5-18)10-14-6-15-17-10/h4,6-7H,1-3,5H2,(H2,12,13,16)(H,14,15,17). The smallest absolute Gasteiger partial charge is 0.329 e. The summed E-state index contributed by atoms with van der Waals surface area (Å²) in [5, 5.41) is 17.5. The minimum Gasteiger partial charge on any atom is -0.378 e. The third kappa shape index (κ3) is 2.59. The van der Waals surface area contributed by atoms with Crippen molar-refractivity contribution in [1.29, 1.82) is 0 Å². The zero-order valence-corrected chi connectivity index (χ0v) is 11.1. The fraction of sp³-hybridized carbons (Fsp3) is 0.455. The summed E-state index contributed by atoms with van der Waals surface area (Å²) in [6.45, 7) is 1.45. The van der Waals surface area contributed by atoms with Gasteiger partial charge in [0.15, 0.2) is 0 Å². The van der Waals surface area contributed by atoms with Gasteiger partial charge in [0.25, 0.3) is 0 Å². The van der Waals surface area contributed by atoms with E-state index in [0.717, 1.165) is 31.4 Å². The normalized spacial score (nSPS) is 18.7. The Morgan fingerprint density at radius 1 is 1.48 bits per heavy atom. The zero-order chi connectivity index (χ0) is 14.8. The summed E-state index contributed by atoms with van der Waals surface area (Å²) in [5.74, 6) is 1.32. The molecule has 3 heterocycles. The third-order valence-corrected chi connectivity index (χ3v) is 3.51. The van der Waals surface area contributed by atoms with Crippen molar-refractivity contribution in [3.8, 4) is 0 Å². The van der Waals surface area contributed by atoms with Crippen LogP contribution < -0.4 is 10.6 Å². The molecule has 1 aliphatic heterocycles. The summed E-state index contributed by atoms with van der Waals surface area (Å²) in [4.78, 5) is 24.4. The van der Waals surface area contributed by atoms with Crippen LogP contribution in [-0.4, -0.2) is 43.2 Å². The van der Waals surface area contributed by atoms with Crippen molar-refractivity contribution in [2.24, 2.45) is 0 Å². The molecule has 2 aromatic heterocycles. The van der Waals surface area contributed by atoms with E-state index in [2.05, 4.69) is 25.1 Å². The van der Waals surface area contributed by atoms with Crippen LogP contribution in [0.15, 0.2) is 12.5 Å². The van der Waals surface area contributed by atoms with Gasteiger partial charge in [-0.1, -0.05) is 0 Å². The van der Waals surface area contributed by atoms with Gasteiger partial charge >= 0.3 is 5.69 Å². The van der Waals surface area contributed by atoms with Crippen LogP contribution in [-0.2, 0) is 0 Å². The lowest BCUT2D eigenvalue weighted by Gasteiger charge is -2.31. The minimum atomic E-state index is -0.591. The number of nitrogens with one attached hydrogen (secondary N) is 1. The van der Waals surface area contributed by atoms with Crippen molar-refractivity contribution in [3.63, 3.8) is 0 Å². The maximum absolute atomic E-state index is 10.7. The van der Waals surface area contributed by atoms with Gasteiger partial charge in [-0.2, -0.15) is 10.1 Å². The molecule has 10 nitrogen and oxygen atoms in total. The van der Waals surface area contributed by atoms with Crippen LogP contribution in [0.5, 0.6) is 0 Å². The average Bonchev–Trinajstić information content (AvgIpc) is 3.01. The fourth-order valence-corrected chi connectivity index (χ4v) is 2.47. The molecule has 0 spiro atoms. The maximum atomic E-state index is 10.7. The molecule has 0 amide bonds. The molecule has 1 aliphatic rings. The monoisotopic (exact) mass is 290 g/mol. The largest absolute Gasteiger partial charge is 0.378 e. The number of rotatable bonds is 3. The third-order valence-electron chi connectivity index (χ3n) is 3.51. The number of hydrogen-bond donors (Lipinski definition) is 2. The highest BCUT2D eigenvalue weighted by Gasteiger charge is 2.26. The molecule has 3 rings (SSSR count). The quantitative estimate of drug-likeness (QED) is 0.614. The molecule has 21 heavy (non-hydrogen) atoms. The Balaban J connectivity index is 1.80. The highest BCUT2D eigenvalue weighted by molar-refractivity contribution is 5.53. The summed E-state index contributed by atoms with van der Waals surface area (Å²) in [7, 11) is 0. The Kier molecular flexibility index (Phi) is 3.34. The Morgan fingerprint density at radius 2 is 2.33 bits per heavy atom. The molecule has 0 radical (unpaired) electrons. The molecule has 1 unspecified atom stereocenters. The lowest BCUT2D eigenvalue weighted by molar-refractivity contribution is -0.384. The second-order valence-corrected chi connectivity index (χ2v) is 4.85. The highest BCUT2D eigenvalue weighted by atomic mass is 16.6. The van der Waals surface area contributed by atoms with E-state index in [-0.39, 0.29) is 17.4 Å². The van der Waals surface area contributed by atoms with E-state index >= 15 is 0 Å². The van der Waals surface area contributed by atoms with Crippen LogP contribution in [0.1, 0.15) is 24.6 Å². The number of piperidine rings is 1. The fourth-order valence-electron chi connectivity index (χ4n) is 2.47. The number of aromatic amines is 1. The number of nitrogens with two attached hydrogens (primary N) is 1. The van der Waals surface area contributed by atoms with Crippen LogP contribution in [0.4, 0.5) is 17.5 Å². The van der Waals surface area contributed by atoms with E-state index in [1.807, 2.05) is 4.90 Å². The minimum absolute atomic E-state index is 0.119. The first-order chi connectivity index (χ1) is 10.1. The van der Waals surface area contributed by atoms with Gasteiger partial charge in [0.05, 0.1) is 4.92 Å². The molecule has 3 N–H and O–H groups in total. The zero-order valence-electron chi connectivity index (χ0n) is 11.1. The van der Waals surface area contributed by atoms with E-state index < -0.39 is 4.92 Å².